The van der Waals surface area contributed by atoms with E-state index in [2.05, 4.69) is 25.4 Å². The number of carbonyl (C=O) groups excluding carboxylic acids is 2. The van der Waals surface area contributed by atoms with Crippen molar-refractivity contribution in [3.63, 3.8) is 0 Å². The average Bonchev–Trinajstić information content (AvgIpc) is 3.61. The molecule has 5 aromatic rings. The molecule has 0 saturated carbocycles. The summed E-state index contributed by atoms with van der Waals surface area (Å²) in [4.78, 5) is 34.6. The lowest BCUT2D eigenvalue weighted by Crippen LogP contribution is -2.47. The smallest absolute Gasteiger partial charge is 0.387 e. The monoisotopic (exact) mass is 616 g/mol. The number of hydrogen-bond donors (Lipinski definition) is 1. The SMILES string of the molecule is Cc1cc(Oc2ccc(OC(F)F)c(-c3nn(C)cc3NC(=O)c3cnn4cccnc34)c2)ccc1C(=O)N1CCN(C)CC1. The van der Waals surface area contributed by atoms with Crippen LogP contribution >= 0.6 is 0 Å². The van der Waals surface area contributed by atoms with E-state index < -0.39 is 12.5 Å². The van der Waals surface area contributed by atoms with Gasteiger partial charge in [0.05, 0.1) is 17.4 Å². The molecule has 1 aliphatic rings. The van der Waals surface area contributed by atoms with Gasteiger partial charge in [0.25, 0.3) is 11.8 Å². The van der Waals surface area contributed by atoms with Crippen LogP contribution < -0.4 is 14.8 Å². The summed E-state index contributed by atoms with van der Waals surface area (Å²) in [5, 5.41) is 11.4. The first-order valence-corrected chi connectivity index (χ1v) is 14.1. The minimum absolute atomic E-state index is 0.0347. The van der Waals surface area contributed by atoms with Crippen molar-refractivity contribution < 1.29 is 27.8 Å². The van der Waals surface area contributed by atoms with E-state index in [9.17, 15) is 18.4 Å². The molecule has 14 heteroatoms. The molecule has 4 heterocycles. The van der Waals surface area contributed by atoms with Crippen LogP contribution in [0.25, 0.3) is 16.9 Å². The maximum atomic E-state index is 13.4. The normalized spacial score (nSPS) is 13.8. The second kappa shape index (κ2) is 12.3. The molecule has 3 aromatic heterocycles. The van der Waals surface area contributed by atoms with E-state index in [0.29, 0.717) is 35.8 Å². The molecule has 0 spiro atoms. The third-order valence-electron chi connectivity index (χ3n) is 7.48. The van der Waals surface area contributed by atoms with Gasteiger partial charge in [-0.3, -0.25) is 14.3 Å². The summed E-state index contributed by atoms with van der Waals surface area (Å²) in [5.41, 5.74) is 2.49. The molecule has 0 unspecified atom stereocenters. The Balaban J connectivity index is 1.28. The van der Waals surface area contributed by atoms with Crippen LogP contribution in [0.15, 0.2) is 67.3 Å². The summed E-state index contributed by atoms with van der Waals surface area (Å²) in [6.45, 7) is 1.70. The molecule has 1 fully saturated rings. The molecule has 0 atom stereocenters. The van der Waals surface area contributed by atoms with Crippen LogP contribution in [-0.2, 0) is 7.05 Å². The molecule has 6 rings (SSSR count). The molecule has 2 amide bonds. The lowest BCUT2D eigenvalue weighted by molar-refractivity contribution is -0.0495. The minimum atomic E-state index is -3.10. The highest BCUT2D eigenvalue weighted by Crippen LogP contribution is 2.39. The number of rotatable bonds is 8. The maximum absolute atomic E-state index is 13.4. The van der Waals surface area contributed by atoms with E-state index in [4.69, 9.17) is 9.47 Å². The van der Waals surface area contributed by atoms with Crippen LogP contribution in [0.5, 0.6) is 17.2 Å². The van der Waals surface area contributed by atoms with Gasteiger partial charge in [0.1, 0.15) is 28.5 Å². The first-order chi connectivity index (χ1) is 21.7. The number of alkyl halides is 2. The number of ether oxygens (including phenoxy) is 2. The van der Waals surface area contributed by atoms with Crippen molar-refractivity contribution in [2.75, 3.05) is 38.5 Å². The number of halogens is 2. The number of piperazine rings is 1. The van der Waals surface area contributed by atoms with E-state index in [0.717, 1.165) is 18.7 Å². The van der Waals surface area contributed by atoms with E-state index >= 15 is 0 Å². The van der Waals surface area contributed by atoms with Gasteiger partial charge < -0.3 is 24.6 Å². The maximum Gasteiger partial charge on any atom is 0.387 e. The number of aromatic nitrogens is 5. The summed E-state index contributed by atoms with van der Waals surface area (Å²) in [6, 6.07) is 11.2. The molecular weight excluding hydrogens is 586 g/mol. The van der Waals surface area contributed by atoms with Gasteiger partial charge >= 0.3 is 6.61 Å². The molecule has 0 bridgehead atoms. The van der Waals surface area contributed by atoms with Gasteiger partial charge in [-0.25, -0.2) is 9.50 Å². The van der Waals surface area contributed by atoms with Crippen molar-refractivity contribution in [2.24, 2.45) is 7.05 Å². The largest absolute Gasteiger partial charge is 0.457 e. The number of carbonyl (C=O) groups is 2. The highest BCUT2D eigenvalue weighted by atomic mass is 19.3. The van der Waals surface area contributed by atoms with Gasteiger partial charge in [0.15, 0.2) is 5.65 Å². The zero-order valence-electron chi connectivity index (χ0n) is 24.8. The molecule has 12 nitrogen and oxygen atoms in total. The van der Waals surface area contributed by atoms with E-state index in [1.54, 1.807) is 49.9 Å². The molecule has 0 aliphatic carbocycles. The topological polar surface area (TPSA) is 119 Å². The number of nitrogens with zero attached hydrogens (tertiary/aromatic N) is 7. The Bertz CT molecular complexity index is 1880. The fraction of sp³-hybridized carbons (Fsp3) is 0.258. The predicted octanol–water partition coefficient (Wildman–Crippen LogP) is 4.47. The van der Waals surface area contributed by atoms with Gasteiger partial charge in [-0.15, -0.1) is 0 Å². The number of fused-ring (bicyclic) bond motifs is 1. The zero-order valence-corrected chi connectivity index (χ0v) is 24.8. The van der Waals surface area contributed by atoms with E-state index in [1.807, 2.05) is 18.9 Å². The fourth-order valence-corrected chi connectivity index (χ4v) is 5.17. The molecule has 1 saturated heterocycles. The highest BCUT2D eigenvalue weighted by Gasteiger charge is 2.24. The molecular formula is C31H30F2N8O4. The number of aryl methyl sites for hydroxylation is 2. The van der Waals surface area contributed by atoms with Gasteiger partial charge in [-0.05, 0) is 62.0 Å². The van der Waals surface area contributed by atoms with Gasteiger partial charge in [-0.1, -0.05) is 0 Å². The first kappa shape index (κ1) is 29.7. The van der Waals surface area contributed by atoms with Crippen molar-refractivity contribution in [1.82, 2.24) is 34.2 Å². The van der Waals surface area contributed by atoms with Gasteiger partial charge in [0.2, 0.25) is 0 Å². The summed E-state index contributed by atoms with van der Waals surface area (Å²) in [7, 11) is 3.67. The predicted molar refractivity (Wildman–Crippen MR) is 161 cm³/mol. The summed E-state index contributed by atoms with van der Waals surface area (Å²) < 4.78 is 40.6. The van der Waals surface area contributed by atoms with Crippen molar-refractivity contribution >= 4 is 23.1 Å². The Morgan fingerprint density at radius 3 is 2.51 bits per heavy atom. The van der Waals surface area contributed by atoms with E-state index in [1.165, 1.54) is 33.6 Å². The quantitative estimate of drug-likeness (QED) is 0.271. The number of hydrogen-bond acceptors (Lipinski definition) is 8. The van der Waals surface area contributed by atoms with Crippen LogP contribution in [0.3, 0.4) is 0 Å². The number of likely N-dealkylation sites (N-methyl/N-ethyl adjacent to an activating group) is 1. The van der Waals surface area contributed by atoms with Crippen molar-refractivity contribution in [2.45, 2.75) is 13.5 Å². The molecule has 1 aliphatic heterocycles. The molecule has 232 valence electrons. The summed E-state index contributed by atoms with van der Waals surface area (Å²) >= 11 is 0. The Morgan fingerprint density at radius 2 is 1.76 bits per heavy atom. The van der Waals surface area contributed by atoms with Crippen molar-refractivity contribution in [3.8, 4) is 28.5 Å². The fourth-order valence-electron chi connectivity index (χ4n) is 5.17. The van der Waals surface area contributed by atoms with Crippen LogP contribution in [0.2, 0.25) is 0 Å². The van der Waals surface area contributed by atoms with Crippen LogP contribution in [0.4, 0.5) is 14.5 Å². The second-order valence-corrected chi connectivity index (χ2v) is 10.7. The lowest BCUT2D eigenvalue weighted by atomic mass is 10.1. The number of anilines is 1. The van der Waals surface area contributed by atoms with Crippen LogP contribution in [-0.4, -0.2) is 85.8 Å². The first-order valence-electron chi connectivity index (χ1n) is 14.1. The molecule has 0 radical (unpaired) electrons. The molecule has 2 aromatic carbocycles. The third kappa shape index (κ3) is 6.31. The van der Waals surface area contributed by atoms with Crippen LogP contribution in [0.1, 0.15) is 26.3 Å². The Labute approximate surface area is 256 Å². The summed E-state index contributed by atoms with van der Waals surface area (Å²) in [6.07, 6.45) is 6.14. The zero-order chi connectivity index (χ0) is 31.7. The summed E-state index contributed by atoms with van der Waals surface area (Å²) in [5.74, 6) is 0.0504. The van der Waals surface area contributed by atoms with Crippen LogP contribution in [0, 0.1) is 6.92 Å². The Kier molecular flexibility index (Phi) is 8.13. The average molecular weight is 617 g/mol. The van der Waals surface area contributed by atoms with Gasteiger partial charge in [0, 0.05) is 57.4 Å². The second-order valence-electron chi connectivity index (χ2n) is 10.7. The molecule has 45 heavy (non-hydrogen) atoms. The number of nitrogens with one attached hydrogen (secondary N) is 1. The third-order valence-corrected chi connectivity index (χ3v) is 7.48. The Morgan fingerprint density at radius 1 is 1.00 bits per heavy atom. The lowest BCUT2D eigenvalue weighted by Gasteiger charge is -2.32. The van der Waals surface area contributed by atoms with Crippen molar-refractivity contribution in [1.29, 1.82) is 0 Å². The molecule has 1 N–H and O–H groups in total. The van der Waals surface area contributed by atoms with Crippen molar-refractivity contribution in [3.05, 3.63) is 83.9 Å². The number of benzene rings is 2. The Hall–Kier alpha value is -5.37. The minimum Gasteiger partial charge on any atom is -0.457 e. The standard InChI is InChI=1S/C31H30F2N8O4/c1-19-15-20(5-7-22(19)30(43)40-13-11-38(2)12-14-40)44-21-6-8-26(45-31(32)33)23(16-21)27-25(18-39(3)37-27)36-29(42)24-17-35-41-10-4-9-34-28(24)41/h4-10,15-18,31H,11-14H2,1-3H3,(H,36,42). The number of amides is 2. The van der Waals surface area contributed by atoms with Gasteiger partial charge in [-0.2, -0.15) is 19.0 Å². The van der Waals surface area contributed by atoms with E-state index in [-0.39, 0.29) is 34.2 Å². The highest BCUT2D eigenvalue weighted by molar-refractivity contribution is 6.09.